The summed E-state index contributed by atoms with van der Waals surface area (Å²) in [6.45, 7) is 3.63. The number of rotatable bonds is 7. The quantitative estimate of drug-likeness (QED) is 0.381. The van der Waals surface area contributed by atoms with Crippen molar-refractivity contribution in [2.45, 2.75) is 6.54 Å². The number of ether oxygens (including phenoxy) is 4. The molecule has 0 atom stereocenters. The Labute approximate surface area is 195 Å². The van der Waals surface area contributed by atoms with Gasteiger partial charge in [-0.05, 0) is 42.0 Å². The van der Waals surface area contributed by atoms with Crippen molar-refractivity contribution < 1.29 is 23.9 Å². The van der Waals surface area contributed by atoms with Crippen LogP contribution < -0.4 is 23.8 Å². The summed E-state index contributed by atoms with van der Waals surface area (Å²) >= 11 is 0. The number of nitro groups is 1. The van der Waals surface area contributed by atoms with Crippen LogP contribution in [0.25, 0.3) is 0 Å². The summed E-state index contributed by atoms with van der Waals surface area (Å²) in [5.74, 6) is 2.76. The molecule has 5 rings (SSSR count). The molecule has 1 fully saturated rings. The lowest BCUT2D eigenvalue weighted by Gasteiger charge is -2.35. The molecule has 2 aliphatic rings. The number of aromatic nitrogens is 2. The van der Waals surface area contributed by atoms with Gasteiger partial charge in [0, 0.05) is 32.7 Å². The summed E-state index contributed by atoms with van der Waals surface area (Å²) in [7, 11) is 1.56. The summed E-state index contributed by atoms with van der Waals surface area (Å²) in [5, 5.41) is 11.9. The van der Waals surface area contributed by atoms with E-state index >= 15 is 0 Å². The molecule has 3 heterocycles. The molecule has 11 heteroatoms. The third kappa shape index (κ3) is 4.50. The number of hydrogen-bond acceptors (Lipinski definition) is 10. The van der Waals surface area contributed by atoms with Crippen molar-refractivity contribution in [3.63, 3.8) is 0 Å². The molecule has 1 aromatic heterocycles. The minimum absolute atomic E-state index is 0.0945. The van der Waals surface area contributed by atoms with Crippen LogP contribution in [0.5, 0.6) is 28.9 Å². The van der Waals surface area contributed by atoms with Crippen LogP contribution >= 0.6 is 0 Å². The standard InChI is InChI=1S/C23H23N5O6/c1-31-17-3-5-18(6-4-17)34-23-21(28(29)30)22(24-14-25-23)27-10-8-26(9-11-27)13-16-2-7-19-20(12-16)33-15-32-19/h2-7,12,14H,8-11,13,15H2,1H3. The fraction of sp³-hybridized carbons (Fsp3) is 0.304. The van der Waals surface area contributed by atoms with Crippen molar-refractivity contribution in [2.24, 2.45) is 0 Å². The molecule has 0 radical (unpaired) electrons. The maximum absolute atomic E-state index is 11.9. The van der Waals surface area contributed by atoms with Crippen molar-refractivity contribution in [3.8, 4) is 28.9 Å². The molecular weight excluding hydrogens is 442 g/mol. The Kier molecular flexibility index (Phi) is 6.00. The van der Waals surface area contributed by atoms with Crippen LogP contribution in [0.1, 0.15) is 5.56 Å². The smallest absolute Gasteiger partial charge is 0.373 e. The molecular formula is C23H23N5O6. The zero-order valence-corrected chi connectivity index (χ0v) is 18.5. The molecule has 11 nitrogen and oxygen atoms in total. The lowest BCUT2D eigenvalue weighted by atomic mass is 10.1. The minimum atomic E-state index is -0.493. The summed E-state index contributed by atoms with van der Waals surface area (Å²) in [6, 6.07) is 12.7. The Balaban J connectivity index is 1.28. The first-order valence-electron chi connectivity index (χ1n) is 10.8. The van der Waals surface area contributed by atoms with Crippen LogP contribution in [0.2, 0.25) is 0 Å². The van der Waals surface area contributed by atoms with E-state index in [1.807, 2.05) is 23.1 Å². The summed E-state index contributed by atoms with van der Waals surface area (Å²) in [5.41, 5.74) is 0.878. The average Bonchev–Trinajstić information content (AvgIpc) is 3.33. The topological polar surface area (TPSA) is 112 Å². The Morgan fingerprint density at radius 1 is 1.00 bits per heavy atom. The van der Waals surface area contributed by atoms with E-state index in [-0.39, 0.29) is 24.2 Å². The Bertz CT molecular complexity index is 1180. The number of benzene rings is 2. The van der Waals surface area contributed by atoms with Crippen molar-refractivity contribution in [1.29, 1.82) is 0 Å². The predicted molar refractivity (Wildman–Crippen MR) is 122 cm³/mol. The summed E-state index contributed by atoms with van der Waals surface area (Å²) in [6.07, 6.45) is 1.29. The third-order valence-corrected chi connectivity index (χ3v) is 5.74. The highest BCUT2D eigenvalue weighted by atomic mass is 16.7. The van der Waals surface area contributed by atoms with Crippen LogP contribution in [-0.2, 0) is 6.54 Å². The molecule has 0 unspecified atom stereocenters. The fourth-order valence-corrected chi connectivity index (χ4v) is 3.99. The number of nitrogens with zero attached hydrogens (tertiary/aromatic N) is 5. The minimum Gasteiger partial charge on any atom is -0.497 e. The molecule has 176 valence electrons. The van der Waals surface area contributed by atoms with Crippen LogP contribution in [-0.4, -0.2) is 59.9 Å². The lowest BCUT2D eigenvalue weighted by molar-refractivity contribution is -0.385. The van der Waals surface area contributed by atoms with Gasteiger partial charge in [-0.2, -0.15) is 4.98 Å². The number of piperazine rings is 1. The second-order valence-corrected chi connectivity index (χ2v) is 7.84. The maximum Gasteiger partial charge on any atom is 0.373 e. The van der Waals surface area contributed by atoms with Crippen LogP contribution in [0.4, 0.5) is 11.5 Å². The van der Waals surface area contributed by atoms with Gasteiger partial charge in [-0.3, -0.25) is 15.0 Å². The number of methoxy groups -OCH3 is 1. The van der Waals surface area contributed by atoms with Crippen molar-refractivity contribution in [3.05, 3.63) is 64.5 Å². The molecule has 2 aliphatic heterocycles. The monoisotopic (exact) mass is 465 g/mol. The first kappa shape index (κ1) is 21.7. The van der Waals surface area contributed by atoms with Gasteiger partial charge in [-0.25, -0.2) is 4.98 Å². The van der Waals surface area contributed by atoms with Gasteiger partial charge < -0.3 is 23.8 Å². The molecule has 0 bridgehead atoms. The van der Waals surface area contributed by atoms with E-state index in [1.54, 1.807) is 31.4 Å². The van der Waals surface area contributed by atoms with Gasteiger partial charge in [0.1, 0.15) is 17.8 Å². The van der Waals surface area contributed by atoms with Gasteiger partial charge in [0.05, 0.1) is 12.0 Å². The van der Waals surface area contributed by atoms with Gasteiger partial charge >= 0.3 is 11.6 Å². The average molecular weight is 465 g/mol. The van der Waals surface area contributed by atoms with E-state index < -0.39 is 4.92 Å². The van der Waals surface area contributed by atoms with E-state index in [4.69, 9.17) is 18.9 Å². The fourth-order valence-electron chi connectivity index (χ4n) is 3.99. The molecule has 0 saturated carbocycles. The number of hydrogen-bond donors (Lipinski definition) is 0. The second kappa shape index (κ2) is 9.40. The van der Waals surface area contributed by atoms with Gasteiger partial charge in [0.15, 0.2) is 11.5 Å². The van der Waals surface area contributed by atoms with E-state index in [2.05, 4.69) is 14.9 Å². The second-order valence-electron chi connectivity index (χ2n) is 7.84. The lowest BCUT2D eigenvalue weighted by Crippen LogP contribution is -2.46. The van der Waals surface area contributed by atoms with E-state index in [1.165, 1.54) is 6.33 Å². The van der Waals surface area contributed by atoms with Crippen LogP contribution in [0.15, 0.2) is 48.8 Å². The zero-order valence-electron chi connectivity index (χ0n) is 18.5. The largest absolute Gasteiger partial charge is 0.497 e. The third-order valence-electron chi connectivity index (χ3n) is 5.74. The van der Waals surface area contributed by atoms with Crippen molar-refractivity contribution in [2.75, 3.05) is 45.0 Å². The zero-order chi connectivity index (χ0) is 23.5. The highest BCUT2D eigenvalue weighted by Gasteiger charge is 2.30. The summed E-state index contributed by atoms with van der Waals surface area (Å²) in [4.78, 5) is 23.9. The Hall–Kier alpha value is -4.12. The molecule has 0 N–H and O–H groups in total. The SMILES string of the molecule is COc1ccc(Oc2ncnc(N3CCN(Cc4ccc5c(c4)OCO5)CC3)c2[N+](=O)[O-])cc1. The molecule has 1 saturated heterocycles. The Morgan fingerprint density at radius 3 is 2.47 bits per heavy atom. The number of anilines is 1. The number of fused-ring (bicyclic) bond motifs is 1. The van der Waals surface area contributed by atoms with E-state index in [9.17, 15) is 10.1 Å². The normalized spacial score (nSPS) is 15.3. The van der Waals surface area contributed by atoms with Gasteiger partial charge in [0.25, 0.3) is 0 Å². The van der Waals surface area contributed by atoms with Crippen LogP contribution in [0.3, 0.4) is 0 Å². The predicted octanol–water partition coefficient (Wildman–Crippen LogP) is 3.24. The van der Waals surface area contributed by atoms with E-state index in [0.717, 1.165) is 36.7 Å². The van der Waals surface area contributed by atoms with Gasteiger partial charge in [-0.15, -0.1) is 0 Å². The summed E-state index contributed by atoms with van der Waals surface area (Å²) < 4.78 is 21.7. The highest BCUT2D eigenvalue weighted by Crippen LogP contribution is 2.37. The first-order chi connectivity index (χ1) is 16.6. The van der Waals surface area contributed by atoms with Crippen LogP contribution in [0, 0.1) is 10.1 Å². The van der Waals surface area contributed by atoms with Gasteiger partial charge in [-0.1, -0.05) is 6.07 Å². The highest BCUT2D eigenvalue weighted by molar-refractivity contribution is 5.63. The first-order valence-corrected chi connectivity index (χ1v) is 10.8. The van der Waals surface area contributed by atoms with Gasteiger partial charge in [0.2, 0.25) is 12.6 Å². The molecule has 34 heavy (non-hydrogen) atoms. The molecule has 0 aliphatic carbocycles. The Morgan fingerprint density at radius 2 is 1.74 bits per heavy atom. The van der Waals surface area contributed by atoms with E-state index in [0.29, 0.717) is 24.6 Å². The van der Waals surface area contributed by atoms with Crippen molar-refractivity contribution >= 4 is 11.5 Å². The van der Waals surface area contributed by atoms with Crippen molar-refractivity contribution in [1.82, 2.24) is 14.9 Å². The maximum atomic E-state index is 11.9. The molecule has 2 aromatic carbocycles. The molecule has 0 spiro atoms. The molecule has 0 amide bonds. The molecule has 3 aromatic rings.